The molecule has 4 nitrogen and oxygen atoms in total. The minimum atomic E-state index is -3.44. The molecule has 0 unspecified atom stereocenters. The molecule has 0 saturated heterocycles. The van der Waals surface area contributed by atoms with Gasteiger partial charge in [0.2, 0.25) is 10.0 Å². The molecule has 2 rings (SSSR count). The average molecular weight is 254 g/mol. The van der Waals surface area contributed by atoms with Crippen LogP contribution in [-0.4, -0.2) is 20.5 Å². The second-order valence-corrected chi connectivity index (χ2v) is 6.44. The van der Waals surface area contributed by atoms with Crippen LogP contribution in [0.4, 0.5) is 0 Å². The first kappa shape index (κ1) is 12.5. The molecule has 1 saturated carbocycles. The van der Waals surface area contributed by atoms with Gasteiger partial charge >= 0.3 is 0 Å². The van der Waals surface area contributed by atoms with Gasteiger partial charge in [0, 0.05) is 12.1 Å². The van der Waals surface area contributed by atoms with Crippen molar-refractivity contribution in [3.8, 4) is 0 Å². The van der Waals surface area contributed by atoms with E-state index in [1.807, 2.05) is 13.0 Å². The van der Waals surface area contributed by atoms with Crippen LogP contribution >= 0.6 is 0 Å². The third kappa shape index (κ3) is 2.51. The summed E-state index contributed by atoms with van der Waals surface area (Å²) >= 11 is 0. The summed E-state index contributed by atoms with van der Waals surface area (Å²) in [6.45, 7) is 2.24. The molecule has 0 bridgehead atoms. The standard InChI is InChI=1S/C12H18N2O2S/c1-10-4-2-5-11(8-10)17(15,16)14-12(9-13)6-3-7-12/h2,4-5,8,14H,3,6-7,9,13H2,1H3. The third-order valence-corrected chi connectivity index (χ3v) is 4.93. The Balaban J connectivity index is 2.25. The number of aryl methyl sites for hydroxylation is 1. The van der Waals surface area contributed by atoms with Crippen molar-refractivity contribution in [3.63, 3.8) is 0 Å². The van der Waals surface area contributed by atoms with E-state index in [1.54, 1.807) is 18.2 Å². The van der Waals surface area contributed by atoms with Gasteiger partial charge in [-0.15, -0.1) is 0 Å². The molecule has 0 aromatic heterocycles. The van der Waals surface area contributed by atoms with Crippen molar-refractivity contribution in [2.45, 2.75) is 36.6 Å². The number of nitrogens with two attached hydrogens (primary N) is 1. The molecule has 1 aromatic rings. The topological polar surface area (TPSA) is 72.2 Å². The average Bonchev–Trinajstić information content (AvgIpc) is 2.24. The van der Waals surface area contributed by atoms with Crippen molar-refractivity contribution in [1.82, 2.24) is 4.72 Å². The number of sulfonamides is 1. The summed E-state index contributed by atoms with van der Waals surface area (Å²) in [4.78, 5) is 0.317. The van der Waals surface area contributed by atoms with Crippen molar-refractivity contribution in [3.05, 3.63) is 29.8 Å². The highest BCUT2D eigenvalue weighted by Gasteiger charge is 2.39. The van der Waals surface area contributed by atoms with Crippen LogP contribution in [0.2, 0.25) is 0 Å². The maximum absolute atomic E-state index is 12.2. The fraction of sp³-hybridized carbons (Fsp3) is 0.500. The molecule has 1 aliphatic rings. The zero-order valence-corrected chi connectivity index (χ0v) is 10.8. The molecule has 17 heavy (non-hydrogen) atoms. The summed E-state index contributed by atoms with van der Waals surface area (Å²) in [5.74, 6) is 0. The molecular formula is C12H18N2O2S. The SMILES string of the molecule is Cc1cccc(S(=O)(=O)NC2(CN)CCC2)c1. The van der Waals surface area contributed by atoms with Crippen LogP contribution in [0.1, 0.15) is 24.8 Å². The summed E-state index contributed by atoms with van der Waals surface area (Å²) < 4.78 is 27.1. The fourth-order valence-electron chi connectivity index (χ4n) is 2.08. The van der Waals surface area contributed by atoms with Crippen molar-refractivity contribution in [1.29, 1.82) is 0 Å². The number of nitrogens with one attached hydrogen (secondary N) is 1. The number of rotatable bonds is 4. The minimum absolute atomic E-state index is 0.317. The zero-order valence-electron chi connectivity index (χ0n) is 9.94. The van der Waals surface area contributed by atoms with E-state index in [2.05, 4.69) is 4.72 Å². The van der Waals surface area contributed by atoms with Crippen molar-refractivity contribution in [2.24, 2.45) is 5.73 Å². The van der Waals surface area contributed by atoms with Gasteiger partial charge in [0.25, 0.3) is 0 Å². The second kappa shape index (κ2) is 4.40. The van der Waals surface area contributed by atoms with Gasteiger partial charge in [-0.2, -0.15) is 0 Å². The van der Waals surface area contributed by atoms with Gasteiger partial charge in [0.1, 0.15) is 0 Å². The van der Waals surface area contributed by atoms with E-state index in [9.17, 15) is 8.42 Å². The number of hydrogen-bond acceptors (Lipinski definition) is 3. The Morgan fingerprint density at radius 2 is 2.12 bits per heavy atom. The Labute approximate surface area is 102 Å². The van der Waals surface area contributed by atoms with Crippen LogP contribution in [0.3, 0.4) is 0 Å². The lowest BCUT2D eigenvalue weighted by Gasteiger charge is -2.41. The van der Waals surface area contributed by atoms with Crippen LogP contribution in [-0.2, 0) is 10.0 Å². The number of benzene rings is 1. The molecule has 0 heterocycles. The molecular weight excluding hydrogens is 236 g/mol. The normalized spacial score (nSPS) is 18.7. The first-order valence-electron chi connectivity index (χ1n) is 5.78. The molecule has 1 aliphatic carbocycles. The largest absolute Gasteiger partial charge is 0.329 e. The summed E-state index contributed by atoms with van der Waals surface area (Å²) in [6, 6.07) is 6.91. The summed E-state index contributed by atoms with van der Waals surface area (Å²) in [5.41, 5.74) is 6.18. The molecule has 0 radical (unpaired) electrons. The van der Waals surface area contributed by atoms with Crippen LogP contribution in [0, 0.1) is 6.92 Å². The van der Waals surface area contributed by atoms with Gasteiger partial charge < -0.3 is 5.73 Å². The highest BCUT2D eigenvalue weighted by Crippen LogP contribution is 2.32. The highest BCUT2D eigenvalue weighted by molar-refractivity contribution is 7.89. The Bertz CT molecular complexity index is 501. The molecule has 3 N–H and O–H groups in total. The maximum Gasteiger partial charge on any atom is 0.241 e. The molecule has 0 spiro atoms. The first-order chi connectivity index (χ1) is 7.97. The molecule has 1 aromatic carbocycles. The lowest BCUT2D eigenvalue weighted by molar-refractivity contribution is 0.230. The van der Waals surface area contributed by atoms with Crippen LogP contribution in [0.5, 0.6) is 0 Å². The molecule has 94 valence electrons. The Morgan fingerprint density at radius 3 is 2.59 bits per heavy atom. The molecule has 1 fully saturated rings. The van der Waals surface area contributed by atoms with Gasteiger partial charge in [-0.1, -0.05) is 12.1 Å². The fourth-order valence-corrected chi connectivity index (χ4v) is 3.65. The van der Waals surface area contributed by atoms with E-state index in [-0.39, 0.29) is 0 Å². The smallest absolute Gasteiger partial charge is 0.241 e. The van der Waals surface area contributed by atoms with Gasteiger partial charge in [-0.3, -0.25) is 0 Å². The van der Waals surface area contributed by atoms with E-state index >= 15 is 0 Å². The minimum Gasteiger partial charge on any atom is -0.329 e. The first-order valence-corrected chi connectivity index (χ1v) is 7.27. The van der Waals surface area contributed by atoms with Crippen molar-refractivity contribution >= 4 is 10.0 Å². The zero-order chi connectivity index (χ0) is 12.5. The molecule has 0 aliphatic heterocycles. The molecule has 0 amide bonds. The van der Waals surface area contributed by atoms with Gasteiger partial charge in [0.15, 0.2) is 0 Å². The van der Waals surface area contributed by atoms with Crippen LogP contribution < -0.4 is 10.5 Å². The predicted molar refractivity (Wildman–Crippen MR) is 67.1 cm³/mol. The summed E-state index contributed by atoms with van der Waals surface area (Å²) in [6.07, 6.45) is 2.69. The monoisotopic (exact) mass is 254 g/mol. The van der Waals surface area contributed by atoms with E-state index in [0.717, 1.165) is 24.8 Å². The van der Waals surface area contributed by atoms with Crippen molar-refractivity contribution < 1.29 is 8.42 Å². The quantitative estimate of drug-likeness (QED) is 0.846. The summed E-state index contributed by atoms with van der Waals surface area (Å²) in [7, 11) is -3.44. The van der Waals surface area contributed by atoms with Gasteiger partial charge in [-0.25, -0.2) is 13.1 Å². The maximum atomic E-state index is 12.2. The van der Waals surface area contributed by atoms with Crippen LogP contribution in [0.25, 0.3) is 0 Å². The Kier molecular flexibility index (Phi) is 3.25. The van der Waals surface area contributed by atoms with Crippen molar-refractivity contribution in [2.75, 3.05) is 6.54 Å². The van der Waals surface area contributed by atoms with Crippen LogP contribution in [0.15, 0.2) is 29.2 Å². The van der Waals surface area contributed by atoms with Gasteiger partial charge in [-0.05, 0) is 43.9 Å². The van der Waals surface area contributed by atoms with E-state index < -0.39 is 15.6 Å². The van der Waals surface area contributed by atoms with E-state index in [0.29, 0.717) is 11.4 Å². The Morgan fingerprint density at radius 1 is 1.41 bits per heavy atom. The third-order valence-electron chi connectivity index (χ3n) is 3.35. The molecule has 0 atom stereocenters. The molecule has 5 heteroatoms. The summed E-state index contributed by atoms with van der Waals surface area (Å²) in [5, 5.41) is 0. The highest BCUT2D eigenvalue weighted by atomic mass is 32.2. The van der Waals surface area contributed by atoms with E-state index in [4.69, 9.17) is 5.73 Å². The lowest BCUT2D eigenvalue weighted by Crippen LogP contribution is -2.58. The number of hydrogen-bond donors (Lipinski definition) is 2. The lowest BCUT2D eigenvalue weighted by atomic mass is 9.78. The van der Waals surface area contributed by atoms with E-state index in [1.165, 1.54) is 0 Å². The van der Waals surface area contributed by atoms with Gasteiger partial charge in [0.05, 0.1) is 4.90 Å². The predicted octanol–water partition coefficient (Wildman–Crippen LogP) is 1.15. The Hall–Kier alpha value is -0.910. The second-order valence-electron chi connectivity index (χ2n) is 4.76.